The van der Waals surface area contributed by atoms with Gasteiger partial charge in [0.25, 0.3) is 5.91 Å². The van der Waals surface area contributed by atoms with Crippen LogP contribution in [0.2, 0.25) is 0 Å². The van der Waals surface area contributed by atoms with E-state index in [1.807, 2.05) is 44.2 Å². The number of hydrogen-bond acceptors (Lipinski definition) is 5. The summed E-state index contributed by atoms with van der Waals surface area (Å²) in [4.78, 5) is 29.1. The first-order valence-corrected chi connectivity index (χ1v) is 9.29. The van der Waals surface area contributed by atoms with Crippen molar-refractivity contribution in [1.82, 2.24) is 4.98 Å². The molecular weight excluding hydrogens is 368 g/mol. The second-order valence-electron chi connectivity index (χ2n) is 6.94. The van der Waals surface area contributed by atoms with Crippen molar-refractivity contribution in [3.8, 4) is 11.3 Å². The van der Waals surface area contributed by atoms with Crippen LogP contribution in [-0.4, -0.2) is 22.5 Å². The van der Waals surface area contributed by atoms with Crippen molar-refractivity contribution in [2.75, 3.05) is 10.3 Å². The molecule has 2 amide bonds. The van der Waals surface area contributed by atoms with Crippen molar-refractivity contribution in [2.24, 2.45) is 5.10 Å². The summed E-state index contributed by atoms with van der Waals surface area (Å²) in [5.74, 6) is 0.160. The fraction of sp³-hybridized carbons (Fsp3) is 0.182. The Morgan fingerprint density at radius 1 is 1.14 bits per heavy atom. The van der Waals surface area contributed by atoms with Gasteiger partial charge in [-0.15, -0.1) is 0 Å². The van der Waals surface area contributed by atoms with Crippen molar-refractivity contribution in [2.45, 2.75) is 26.7 Å². The molecule has 0 saturated carbocycles. The van der Waals surface area contributed by atoms with Gasteiger partial charge in [0.2, 0.25) is 5.91 Å². The Labute approximate surface area is 168 Å². The van der Waals surface area contributed by atoms with Gasteiger partial charge in [0.05, 0.1) is 11.9 Å². The van der Waals surface area contributed by atoms with E-state index in [1.54, 1.807) is 18.3 Å². The third kappa shape index (κ3) is 3.94. The summed E-state index contributed by atoms with van der Waals surface area (Å²) in [5, 5.41) is 8.56. The molecule has 0 radical (unpaired) electrons. The smallest absolute Gasteiger partial charge is 0.271 e. The molecule has 4 rings (SSSR count). The Morgan fingerprint density at radius 2 is 2.00 bits per heavy atom. The van der Waals surface area contributed by atoms with E-state index >= 15 is 0 Å². The quantitative estimate of drug-likeness (QED) is 0.729. The monoisotopic (exact) mass is 388 g/mol. The minimum absolute atomic E-state index is 0.123. The average molecular weight is 388 g/mol. The molecule has 29 heavy (non-hydrogen) atoms. The maximum Gasteiger partial charge on any atom is 0.271 e. The molecule has 2 aromatic carbocycles. The molecule has 0 aliphatic carbocycles. The van der Waals surface area contributed by atoms with E-state index in [4.69, 9.17) is 4.42 Å². The van der Waals surface area contributed by atoms with Crippen molar-refractivity contribution in [3.05, 3.63) is 66.2 Å². The van der Waals surface area contributed by atoms with Gasteiger partial charge in [-0.25, -0.2) is 9.99 Å². The minimum Gasteiger partial charge on any atom is -0.444 e. The lowest BCUT2D eigenvalue weighted by molar-refractivity contribution is -0.118. The number of nitrogens with one attached hydrogen (secondary N) is 1. The Kier molecular flexibility index (Phi) is 4.95. The van der Waals surface area contributed by atoms with Gasteiger partial charge < -0.3 is 9.73 Å². The van der Waals surface area contributed by atoms with Gasteiger partial charge in [-0.05, 0) is 43.2 Å². The van der Waals surface area contributed by atoms with Crippen LogP contribution in [-0.2, 0) is 9.59 Å². The molecule has 0 atom stereocenters. The summed E-state index contributed by atoms with van der Waals surface area (Å²) in [6.07, 6.45) is 3.50. The standard InChI is InChI=1S/C22H20N4O3/c1-14-6-7-15(2)19(10-14)26-21(27)9-8-18(25-26)22(28)24-17-5-3-4-16(11-17)20-12-23-13-29-20/h3-7,10-13H,8-9H2,1-2H3,(H,24,28). The lowest BCUT2D eigenvalue weighted by Crippen LogP contribution is -2.36. The number of anilines is 2. The van der Waals surface area contributed by atoms with Crippen LogP contribution in [0.5, 0.6) is 0 Å². The highest BCUT2D eigenvalue weighted by Gasteiger charge is 2.26. The molecule has 2 heterocycles. The minimum atomic E-state index is -0.331. The molecule has 3 aromatic rings. The van der Waals surface area contributed by atoms with E-state index in [2.05, 4.69) is 15.4 Å². The third-order valence-corrected chi connectivity index (χ3v) is 4.72. The lowest BCUT2D eigenvalue weighted by atomic mass is 10.1. The maximum atomic E-state index is 12.8. The molecule has 0 fully saturated rings. The predicted octanol–water partition coefficient (Wildman–Crippen LogP) is 4.08. The fourth-order valence-electron chi connectivity index (χ4n) is 3.16. The topological polar surface area (TPSA) is 87.8 Å². The van der Waals surface area contributed by atoms with Crippen LogP contribution in [0, 0.1) is 13.8 Å². The van der Waals surface area contributed by atoms with E-state index < -0.39 is 0 Å². The normalized spacial score (nSPS) is 13.9. The van der Waals surface area contributed by atoms with E-state index in [1.165, 1.54) is 11.4 Å². The van der Waals surface area contributed by atoms with Gasteiger partial charge in [-0.2, -0.15) is 5.10 Å². The predicted molar refractivity (Wildman–Crippen MR) is 111 cm³/mol. The number of carbonyl (C=O) groups excluding carboxylic acids is 2. The molecule has 1 N–H and O–H groups in total. The second kappa shape index (κ2) is 7.71. The molecule has 0 saturated heterocycles. The van der Waals surface area contributed by atoms with Crippen LogP contribution in [0.3, 0.4) is 0 Å². The molecule has 1 aliphatic rings. The van der Waals surface area contributed by atoms with Gasteiger partial charge >= 0.3 is 0 Å². The number of hydrazone groups is 1. The molecule has 0 unspecified atom stereocenters. The van der Waals surface area contributed by atoms with E-state index in [-0.39, 0.29) is 18.2 Å². The summed E-state index contributed by atoms with van der Waals surface area (Å²) in [6, 6.07) is 13.1. The van der Waals surface area contributed by atoms with Crippen molar-refractivity contribution in [3.63, 3.8) is 0 Å². The highest BCUT2D eigenvalue weighted by Crippen LogP contribution is 2.26. The van der Waals surface area contributed by atoms with Crippen LogP contribution in [0.25, 0.3) is 11.3 Å². The van der Waals surface area contributed by atoms with Crippen LogP contribution in [0.4, 0.5) is 11.4 Å². The largest absolute Gasteiger partial charge is 0.444 e. The van der Waals surface area contributed by atoms with Crippen LogP contribution >= 0.6 is 0 Å². The molecule has 0 bridgehead atoms. The number of benzene rings is 2. The summed E-state index contributed by atoms with van der Waals surface area (Å²) in [5.41, 5.74) is 4.38. The summed E-state index contributed by atoms with van der Waals surface area (Å²) in [7, 11) is 0. The van der Waals surface area contributed by atoms with Gasteiger partial charge in [-0.1, -0.05) is 24.3 Å². The van der Waals surface area contributed by atoms with Crippen molar-refractivity contribution >= 4 is 28.9 Å². The average Bonchev–Trinajstić information content (AvgIpc) is 3.25. The SMILES string of the molecule is Cc1ccc(C)c(N2N=C(C(=O)Nc3cccc(-c4cnco4)c3)CCC2=O)c1. The second-order valence-corrected chi connectivity index (χ2v) is 6.94. The number of hydrogen-bond donors (Lipinski definition) is 1. The zero-order valence-corrected chi connectivity index (χ0v) is 16.2. The number of carbonyl (C=O) groups is 2. The van der Waals surface area contributed by atoms with Gasteiger partial charge in [0, 0.05) is 24.1 Å². The summed E-state index contributed by atoms with van der Waals surface area (Å²) >= 11 is 0. The fourth-order valence-corrected chi connectivity index (χ4v) is 3.16. The van der Waals surface area contributed by atoms with Gasteiger partial charge in [0.15, 0.2) is 12.2 Å². The number of amides is 2. The molecule has 1 aliphatic heterocycles. The number of oxazole rings is 1. The number of aromatic nitrogens is 1. The Balaban J connectivity index is 1.58. The molecule has 7 heteroatoms. The van der Waals surface area contributed by atoms with Gasteiger partial charge in [-0.3, -0.25) is 9.59 Å². The van der Waals surface area contributed by atoms with Crippen LogP contribution < -0.4 is 10.3 Å². The summed E-state index contributed by atoms with van der Waals surface area (Å²) < 4.78 is 5.30. The highest BCUT2D eigenvalue weighted by molar-refractivity contribution is 6.44. The Hall–Kier alpha value is -3.74. The van der Waals surface area contributed by atoms with E-state index in [0.29, 0.717) is 29.3 Å². The van der Waals surface area contributed by atoms with Crippen LogP contribution in [0.15, 0.2) is 64.6 Å². The first-order chi connectivity index (χ1) is 14.0. The third-order valence-electron chi connectivity index (χ3n) is 4.72. The number of nitrogens with zero attached hydrogens (tertiary/aromatic N) is 3. The molecule has 146 valence electrons. The molecule has 0 spiro atoms. The number of aryl methyl sites for hydroxylation is 2. The first kappa shape index (κ1) is 18.6. The van der Waals surface area contributed by atoms with E-state index in [9.17, 15) is 9.59 Å². The molecular formula is C22H20N4O3. The Bertz CT molecular complexity index is 1100. The summed E-state index contributed by atoms with van der Waals surface area (Å²) in [6.45, 7) is 3.87. The lowest BCUT2D eigenvalue weighted by Gasteiger charge is -2.24. The zero-order chi connectivity index (χ0) is 20.4. The molecule has 7 nitrogen and oxygen atoms in total. The van der Waals surface area contributed by atoms with Crippen molar-refractivity contribution < 1.29 is 14.0 Å². The van der Waals surface area contributed by atoms with Gasteiger partial charge in [0.1, 0.15) is 5.71 Å². The van der Waals surface area contributed by atoms with E-state index in [0.717, 1.165) is 16.7 Å². The van der Waals surface area contributed by atoms with Crippen molar-refractivity contribution in [1.29, 1.82) is 0 Å². The number of rotatable bonds is 4. The first-order valence-electron chi connectivity index (χ1n) is 9.29. The van der Waals surface area contributed by atoms with Crippen LogP contribution in [0.1, 0.15) is 24.0 Å². The maximum absolute atomic E-state index is 12.8. The Morgan fingerprint density at radius 3 is 2.79 bits per heavy atom. The zero-order valence-electron chi connectivity index (χ0n) is 16.2. The highest BCUT2D eigenvalue weighted by atomic mass is 16.3. The molecule has 1 aromatic heterocycles.